The van der Waals surface area contributed by atoms with Gasteiger partial charge >= 0.3 is 0 Å². The van der Waals surface area contributed by atoms with Crippen molar-refractivity contribution in [3.63, 3.8) is 0 Å². The van der Waals surface area contributed by atoms with Crippen molar-refractivity contribution in [2.45, 2.75) is 39.2 Å². The Hall–Kier alpha value is -3.90. The van der Waals surface area contributed by atoms with Crippen LogP contribution < -0.4 is 5.32 Å². The molecule has 3 aromatic carbocycles. The first kappa shape index (κ1) is 23.5. The number of fused-ring (bicyclic) bond motifs is 6. The molecule has 2 heterocycles. The highest BCUT2D eigenvalue weighted by molar-refractivity contribution is 6.06. The van der Waals surface area contributed by atoms with E-state index in [0.29, 0.717) is 0 Å². The molecule has 0 saturated carbocycles. The molecule has 1 aliphatic rings. The molecule has 0 amide bonds. The fourth-order valence-electron chi connectivity index (χ4n) is 5.63. The minimum absolute atomic E-state index is 0.827. The maximum Gasteiger partial charge on any atom is 0.121 e. The van der Waals surface area contributed by atoms with Crippen molar-refractivity contribution in [1.82, 2.24) is 30.2 Å². The van der Waals surface area contributed by atoms with Gasteiger partial charge in [0.1, 0.15) is 11.6 Å². The Balaban J connectivity index is 1.32. The first-order valence-electron chi connectivity index (χ1n) is 13.3. The summed E-state index contributed by atoms with van der Waals surface area (Å²) in [5.41, 5.74) is 9.97. The first-order chi connectivity index (χ1) is 18.1. The van der Waals surface area contributed by atoms with Crippen molar-refractivity contribution >= 4 is 21.8 Å². The molecule has 0 aliphatic heterocycles. The summed E-state index contributed by atoms with van der Waals surface area (Å²) in [5, 5.41) is 5.65. The smallest absolute Gasteiger partial charge is 0.121 e. The molecule has 0 atom stereocenters. The van der Waals surface area contributed by atoms with Crippen LogP contribution in [0.5, 0.6) is 0 Å². The number of imidazole rings is 2. The summed E-state index contributed by atoms with van der Waals surface area (Å²) in [6.45, 7) is 8.65. The normalized spacial score (nSPS) is 12.7. The second-order valence-corrected chi connectivity index (χ2v) is 10.1. The highest BCUT2D eigenvalue weighted by Crippen LogP contribution is 2.39. The van der Waals surface area contributed by atoms with Crippen LogP contribution in [0.3, 0.4) is 0 Å². The number of hydrogen-bond acceptors (Lipinski definition) is 4. The molecule has 188 valence electrons. The maximum atomic E-state index is 4.88. The average molecular weight is 491 g/mol. The topological polar surface area (TPSA) is 72.6 Å². The number of nitrogens with zero attached hydrogens (tertiary/aromatic N) is 3. The van der Waals surface area contributed by atoms with Gasteiger partial charge in [-0.1, -0.05) is 31.7 Å². The molecule has 6 nitrogen and oxygen atoms in total. The molecule has 0 saturated heterocycles. The number of H-pyrrole nitrogens is 2. The van der Waals surface area contributed by atoms with Gasteiger partial charge in [-0.2, -0.15) is 0 Å². The maximum absolute atomic E-state index is 4.88. The van der Waals surface area contributed by atoms with Gasteiger partial charge in [0, 0.05) is 18.4 Å². The lowest BCUT2D eigenvalue weighted by Gasteiger charge is -2.21. The van der Waals surface area contributed by atoms with E-state index >= 15 is 0 Å². The molecule has 0 spiro atoms. The van der Waals surface area contributed by atoms with Gasteiger partial charge in [0.2, 0.25) is 0 Å². The van der Waals surface area contributed by atoms with Crippen LogP contribution in [-0.4, -0.2) is 45.0 Å². The lowest BCUT2D eigenvalue weighted by Crippen LogP contribution is -2.19. The highest BCUT2D eigenvalue weighted by atomic mass is 15.1. The van der Waals surface area contributed by atoms with Crippen LogP contribution in [0.1, 0.15) is 36.1 Å². The largest absolute Gasteiger partial charge is 0.391 e. The fourth-order valence-corrected chi connectivity index (χ4v) is 5.63. The molecule has 6 rings (SSSR count). The van der Waals surface area contributed by atoms with Crippen LogP contribution in [0, 0.1) is 0 Å². The van der Waals surface area contributed by atoms with Crippen LogP contribution in [0.4, 0.5) is 0 Å². The van der Waals surface area contributed by atoms with Gasteiger partial charge in [-0.05, 0) is 96.5 Å². The van der Waals surface area contributed by atoms with Crippen LogP contribution in [0.15, 0.2) is 61.4 Å². The standard InChI is InChI=1S/C31H34N6/c1-4-14-37(3)19-30-34-27-11-9-22-16-25-21(17-26(22)31(27)36-30)7-6-20-15-23(8-10-24(20)25)28-18-33-29(35-28)12-13-32-5-2/h5,8-11,15-18,32H,2,4,6-7,12-14,19H2,1,3H3,(H,33,35)(H,34,36). The molecule has 3 N–H and O–H groups in total. The molecule has 37 heavy (non-hydrogen) atoms. The Morgan fingerprint density at radius 1 is 1.03 bits per heavy atom. The van der Waals surface area contributed by atoms with Gasteiger partial charge in [0.25, 0.3) is 0 Å². The second-order valence-electron chi connectivity index (χ2n) is 10.1. The van der Waals surface area contributed by atoms with E-state index in [1.54, 1.807) is 6.20 Å². The number of rotatable bonds is 9. The monoisotopic (exact) mass is 490 g/mol. The minimum Gasteiger partial charge on any atom is -0.391 e. The summed E-state index contributed by atoms with van der Waals surface area (Å²) in [7, 11) is 2.15. The summed E-state index contributed by atoms with van der Waals surface area (Å²) in [6.07, 6.45) is 7.73. The van der Waals surface area contributed by atoms with E-state index in [1.165, 1.54) is 38.6 Å². The molecule has 0 unspecified atom stereocenters. The van der Waals surface area contributed by atoms with E-state index < -0.39 is 0 Å². The van der Waals surface area contributed by atoms with Gasteiger partial charge in [0.15, 0.2) is 0 Å². The Kier molecular flexibility index (Phi) is 6.26. The Bertz CT molecular complexity index is 1590. The zero-order chi connectivity index (χ0) is 25.4. The quantitative estimate of drug-likeness (QED) is 0.222. The van der Waals surface area contributed by atoms with Crippen molar-refractivity contribution in [2.24, 2.45) is 0 Å². The van der Waals surface area contributed by atoms with Gasteiger partial charge in [-0.15, -0.1) is 0 Å². The Morgan fingerprint density at radius 3 is 2.73 bits per heavy atom. The predicted octanol–water partition coefficient (Wildman–Crippen LogP) is 5.99. The number of aryl methyl sites for hydroxylation is 2. The lowest BCUT2D eigenvalue weighted by atomic mass is 9.83. The lowest BCUT2D eigenvalue weighted by molar-refractivity contribution is 0.320. The highest BCUT2D eigenvalue weighted by Gasteiger charge is 2.19. The minimum atomic E-state index is 0.827. The van der Waals surface area contributed by atoms with E-state index in [9.17, 15) is 0 Å². The average Bonchev–Trinajstić information content (AvgIpc) is 3.54. The number of benzene rings is 3. The summed E-state index contributed by atoms with van der Waals surface area (Å²) in [4.78, 5) is 18.9. The van der Waals surface area contributed by atoms with E-state index in [1.807, 2.05) is 6.20 Å². The molecule has 6 heteroatoms. The third kappa shape index (κ3) is 4.53. The van der Waals surface area contributed by atoms with Crippen molar-refractivity contribution < 1.29 is 0 Å². The van der Waals surface area contributed by atoms with Gasteiger partial charge < -0.3 is 15.3 Å². The molecule has 0 radical (unpaired) electrons. The van der Waals surface area contributed by atoms with E-state index in [2.05, 4.69) is 88.2 Å². The zero-order valence-corrected chi connectivity index (χ0v) is 21.7. The van der Waals surface area contributed by atoms with Crippen molar-refractivity contribution in [1.29, 1.82) is 0 Å². The van der Waals surface area contributed by atoms with Crippen LogP contribution in [0.2, 0.25) is 0 Å². The molecular weight excluding hydrogens is 456 g/mol. The molecule has 5 aromatic rings. The number of nitrogens with one attached hydrogen (secondary N) is 3. The van der Waals surface area contributed by atoms with Gasteiger partial charge in [-0.25, -0.2) is 9.97 Å². The van der Waals surface area contributed by atoms with Crippen molar-refractivity contribution in [3.05, 3.63) is 84.2 Å². The van der Waals surface area contributed by atoms with E-state index in [-0.39, 0.29) is 0 Å². The van der Waals surface area contributed by atoms with Crippen LogP contribution >= 0.6 is 0 Å². The van der Waals surface area contributed by atoms with Gasteiger partial charge in [-0.3, -0.25) is 4.90 Å². The fraction of sp³-hybridized carbons (Fsp3) is 0.290. The van der Waals surface area contributed by atoms with Crippen LogP contribution in [0.25, 0.3) is 44.2 Å². The van der Waals surface area contributed by atoms with Gasteiger partial charge in [0.05, 0.1) is 29.5 Å². The molecule has 0 bridgehead atoms. The summed E-state index contributed by atoms with van der Waals surface area (Å²) < 4.78 is 0. The van der Waals surface area contributed by atoms with E-state index in [0.717, 1.165) is 73.7 Å². The molecule has 0 fully saturated rings. The number of hydrogen-bond donors (Lipinski definition) is 3. The molecular formula is C31H34N6. The van der Waals surface area contributed by atoms with Crippen molar-refractivity contribution in [3.8, 4) is 22.4 Å². The van der Waals surface area contributed by atoms with E-state index in [4.69, 9.17) is 4.98 Å². The first-order valence-corrected chi connectivity index (χ1v) is 13.3. The Morgan fingerprint density at radius 2 is 1.89 bits per heavy atom. The Labute approximate surface area is 217 Å². The van der Waals surface area contributed by atoms with Crippen molar-refractivity contribution in [2.75, 3.05) is 20.1 Å². The number of aromatic amines is 2. The molecule has 2 aromatic heterocycles. The SMILES string of the molecule is C=CNCCc1ncc(-c2ccc3c(c2)CCc2cc4c(ccc5nc(CN(C)CCC)[nH]c54)cc2-3)[nH]1. The molecule has 1 aliphatic carbocycles. The third-order valence-electron chi connectivity index (χ3n) is 7.42. The summed E-state index contributed by atoms with van der Waals surface area (Å²) >= 11 is 0. The zero-order valence-electron chi connectivity index (χ0n) is 21.7. The predicted molar refractivity (Wildman–Crippen MR) is 153 cm³/mol. The summed E-state index contributed by atoms with van der Waals surface area (Å²) in [5.74, 6) is 2.03. The van der Waals surface area contributed by atoms with Crippen LogP contribution in [-0.2, 0) is 25.8 Å². The number of aromatic nitrogens is 4. The third-order valence-corrected chi connectivity index (χ3v) is 7.42. The second kappa shape index (κ2) is 9.87. The summed E-state index contributed by atoms with van der Waals surface area (Å²) in [6, 6.07) is 16.0.